The summed E-state index contributed by atoms with van der Waals surface area (Å²) in [5.74, 6) is 1.77. The number of piperidine rings is 1. The average Bonchev–Trinajstić information content (AvgIpc) is 2.70. The first-order chi connectivity index (χ1) is 12.8. The van der Waals surface area contributed by atoms with Gasteiger partial charge in [-0.05, 0) is 31.2 Å². The van der Waals surface area contributed by atoms with Crippen molar-refractivity contribution in [1.82, 2.24) is 4.57 Å². The Bertz CT molecular complexity index is 701. The predicted octanol–water partition coefficient (Wildman–Crippen LogP) is 2.08. The van der Waals surface area contributed by atoms with Crippen LogP contribution in [0.15, 0.2) is 16.9 Å². The maximum Gasteiger partial charge on any atom is 0.254 e. The third kappa shape index (κ3) is 3.05. The van der Waals surface area contributed by atoms with Gasteiger partial charge in [0.1, 0.15) is 0 Å². The summed E-state index contributed by atoms with van der Waals surface area (Å²) < 4.78 is 7.75. The Balaban J connectivity index is 1.40. The van der Waals surface area contributed by atoms with Gasteiger partial charge in [-0.2, -0.15) is 0 Å². The van der Waals surface area contributed by atoms with E-state index in [2.05, 4.69) is 16.7 Å². The quantitative estimate of drug-likeness (QED) is 0.880. The van der Waals surface area contributed by atoms with E-state index in [4.69, 9.17) is 4.74 Å². The second-order valence-corrected chi connectivity index (χ2v) is 9.22. The highest BCUT2D eigenvalue weighted by atomic mass is 16.5. The van der Waals surface area contributed by atoms with Gasteiger partial charge in [0.05, 0.1) is 32.3 Å². The van der Waals surface area contributed by atoms with E-state index in [0.717, 1.165) is 31.4 Å². The van der Waals surface area contributed by atoms with Crippen molar-refractivity contribution in [1.29, 1.82) is 0 Å². The van der Waals surface area contributed by atoms with Crippen molar-refractivity contribution in [3.8, 4) is 0 Å². The summed E-state index contributed by atoms with van der Waals surface area (Å²) in [4.78, 5) is 15.0. The van der Waals surface area contributed by atoms with Crippen molar-refractivity contribution in [2.24, 2.45) is 5.92 Å². The van der Waals surface area contributed by atoms with Gasteiger partial charge in [0.2, 0.25) is 0 Å². The lowest BCUT2D eigenvalue weighted by molar-refractivity contribution is -0.937. The highest BCUT2D eigenvalue weighted by Crippen LogP contribution is 2.34. The minimum Gasteiger partial charge on any atom is -0.381 e. The van der Waals surface area contributed by atoms with Crippen LogP contribution >= 0.6 is 0 Å². The zero-order valence-electron chi connectivity index (χ0n) is 15.9. The Labute approximate surface area is 156 Å². The molecule has 3 fully saturated rings. The lowest BCUT2D eigenvalue weighted by atomic mass is 9.80. The van der Waals surface area contributed by atoms with Crippen molar-refractivity contribution >= 4 is 0 Å². The van der Waals surface area contributed by atoms with Gasteiger partial charge in [-0.1, -0.05) is 25.3 Å². The maximum atomic E-state index is 13.3. The van der Waals surface area contributed by atoms with Gasteiger partial charge in [0.15, 0.2) is 0 Å². The summed E-state index contributed by atoms with van der Waals surface area (Å²) in [6.07, 6.45) is 10.1. The molecule has 5 rings (SSSR count). The first-order valence-electron chi connectivity index (χ1n) is 11.0. The second-order valence-electron chi connectivity index (χ2n) is 9.22. The van der Waals surface area contributed by atoms with Gasteiger partial charge in [0, 0.05) is 42.5 Å². The Morgan fingerprint density at radius 2 is 1.77 bits per heavy atom. The van der Waals surface area contributed by atoms with Gasteiger partial charge in [-0.25, -0.2) is 0 Å². The number of ether oxygens (including phenoxy) is 1. The van der Waals surface area contributed by atoms with E-state index in [1.54, 1.807) is 4.90 Å². The van der Waals surface area contributed by atoms with Gasteiger partial charge < -0.3 is 14.2 Å². The lowest BCUT2D eigenvalue weighted by Gasteiger charge is -2.44. The SMILES string of the molecule is O=c1c(C2CCCCC2)ccc2n1C[C@H]1C[C@@H]2C[NH+](C2CCOCC2)C1. The van der Waals surface area contributed by atoms with E-state index in [1.807, 2.05) is 0 Å². The normalized spacial score (nSPS) is 33.0. The van der Waals surface area contributed by atoms with Crippen LogP contribution < -0.4 is 10.5 Å². The van der Waals surface area contributed by atoms with Crippen LogP contribution in [0.1, 0.15) is 74.5 Å². The molecule has 4 nitrogen and oxygen atoms in total. The smallest absolute Gasteiger partial charge is 0.254 e. The molecule has 1 unspecified atom stereocenters. The molecule has 0 radical (unpaired) electrons. The molecule has 2 saturated heterocycles. The standard InChI is InChI=1S/C22H32N2O2/c25-22-20(17-4-2-1-3-5-17)6-7-21-18-12-16(14-24(21)22)13-23(15-18)19-8-10-26-11-9-19/h6-7,16-19H,1-5,8-15H2/p+1/t16-,18+/m0/s1. The van der Waals surface area contributed by atoms with Crippen LogP contribution in [-0.4, -0.2) is 36.9 Å². The largest absolute Gasteiger partial charge is 0.381 e. The number of aromatic nitrogens is 1. The minimum absolute atomic E-state index is 0.346. The van der Waals surface area contributed by atoms with Crippen molar-refractivity contribution in [3.63, 3.8) is 0 Å². The van der Waals surface area contributed by atoms with Crippen LogP contribution in [0.3, 0.4) is 0 Å². The molecule has 26 heavy (non-hydrogen) atoms. The zero-order valence-corrected chi connectivity index (χ0v) is 15.9. The van der Waals surface area contributed by atoms with Gasteiger partial charge in [0.25, 0.3) is 5.56 Å². The van der Waals surface area contributed by atoms with E-state index in [-0.39, 0.29) is 0 Å². The molecular weight excluding hydrogens is 324 g/mol. The summed E-state index contributed by atoms with van der Waals surface area (Å²) in [6, 6.07) is 5.29. The average molecular weight is 358 g/mol. The monoisotopic (exact) mass is 357 g/mol. The van der Waals surface area contributed by atoms with Crippen molar-refractivity contribution < 1.29 is 9.64 Å². The minimum atomic E-state index is 0.346. The number of nitrogens with one attached hydrogen (secondary N) is 1. The molecule has 2 bridgehead atoms. The Hall–Kier alpha value is -1.13. The molecule has 0 spiro atoms. The van der Waals surface area contributed by atoms with Crippen LogP contribution in [0.2, 0.25) is 0 Å². The van der Waals surface area contributed by atoms with E-state index in [9.17, 15) is 4.79 Å². The van der Waals surface area contributed by atoms with E-state index >= 15 is 0 Å². The fourth-order valence-corrected chi connectivity index (χ4v) is 6.28. The summed E-state index contributed by atoms with van der Waals surface area (Å²) >= 11 is 0. The first-order valence-corrected chi connectivity index (χ1v) is 11.0. The van der Waals surface area contributed by atoms with Crippen LogP contribution in [0.5, 0.6) is 0 Å². The van der Waals surface area contributed by atoms with Gasteiger partial charge >= 0.3 is 0 Å². The van der Waals surface area contributed by atoms with Crippen molar-refractivity contribution in [2.45, 2.75) is 75.8 Å². The van der Waals surface area contributed by atoms with Crippen LogP contribution in [0.4, 0.5) is 0 Å². The summed E-state index contributed by atoms with van der Waals surface area (Å²) in [7, 11) is 0. The molecule has 1 aromatic rings. The van der Waals surface area contributed by atoms with Crippen molar-refractivity contribution in [2.75, 3.05) is 26.3 Å². The number of fused-ring (bicyclic) bond motifs is 4. The molecule has 4 heterocycles. The highest BCUT2D eigenvalue weighted by Gasteiger charge is 2.40. The molecule has 3 aliphatic heterocycles. The molecule has 3 atom stereocenters. The molecule has 0 amide bonds. The molecule has 4 heteroatoms. The maximum absolute atomic E-state index is 13.3. The molecule has 4 aliphatic rings. The summed E-state index contributed by atoms with van der Waals surface area (Å²) in [5.41, 5.74) is 2.79. The third-order valence-electron chi connectivity index (χ3n) is 7.62. The number of nitrogens with zero attached hydrogens (tertiary/aromatic N) is 1. The molecular formula is C22H33N2O2+. The highest BCUT2D eigenvalue weighted by molar-refractivity contribution is 5.24. The Kier molecular flexibility index (Phi) is 4.66. The number of quaternary nitrogens is 1. The topological polar surface area (TPSA) is 35.7 Å². The third-order valence-corrected chi connectivity index (χ3v) is 7.62. The molecule has 1 saturated carbocycles. The summed E-state index contributed by atoms with van der Waals surface area (Å²) in [6.45, 7) is 5.29. The fraction of sp³-hybridized carbons (Fsp3) is 0.773. The van der Waals surface area contributed by atoms with Gasteiger partial charge in [-0.15, -0.1) is 0 Å². The van der Waals surface area contributed by atoms with Crippen LogP contribution in [0, 0.1) is 5.92 Å². The molecule has 142 valence electrons. The first kappa shape index (κ1) is 17.0. The number of rotatable bonds is 2. The van der Waals surface area contributed by atoms with E-state index in [1.165, 1.54) is 70.2 Å². The zero-order chi connectivity index (χ0) is 17.5. The van der Waals surface area contributed by atoms with E-state index < -0.39 is 0 Å². The molecule has 1 aliphatic carbocycles. The molecule has 1 aromatic heterocycles. The number of pyridine rings is 1. The summed E-state index contributed by atoms with van der Waals surface area (Å²) in [5, 5.41) is 0. The molecule has 1 N–H and O–H groups in total. The lowest BCUT2D eigenvalue weighted by Crippen LogP contribution is -3.18. The second kappa shape index (κ2) is 7.12. The van der Waals surface area contributed by atoms with Crippen LogP contribution in [0.25, 0.3) is 0 Å². The number of likely N-dealkylation sites (tertiary alicyclic amines) is 1. The van der Waals surface area contributed by atoms with Crippen molar-refractivity contribution in [3.05, 3.63) is 33.7 Å². The number of hydrogen-bond donors (Lipinski definition) is 1. The Morgan fingerprint density at radius 3 is 2.58 bits per heavy atom. The Morgan fingerprint density at radius 1 is 0.962 bits per heavy atom. The number of hydrogen-bond acceptors (Lipinski definition) is 2. The van der Waals surface area contributed by atoms with Gasteiger partial charge in [-0.3, -0.25) is 4.79 Å². The fourth-order valence-electron chi connectivity index (χ4n) is 6.28. The molecule has 0 aromatic carbocycles. The van der Waals surface area contributed by atoms with E-state index in [0.29, 0.717) is 23.3 Å². The predicted molar refractivity (Wildman–Crippen MR) is 102 cm³/mol. The van der Waals surface area contributed by atoms with Crippen LogP contribution in [-0.2, 0) is 11.3 Å².